The van der Waals surface area contributed by atoms with Gasteiger partial charge in [0.15, 0.2) is 0 Å². The summed E-state index contributed by atoms with van der Waals surface area (Å²) < 4.78 is 40.1. The van der Waals surface area contributed by atoms with Crippen LogP contribution in [0.25, 0.3) is 22.2 Å². The molecule has 0 bridgehead atoms. The summed E-state index contributed by atoms with van der Waals surface area (Å²) in [5.41, 5.74) is 7.57. The molecule has 36 heavy (non-hydrogen) atoms. The van der Waals surface area contributed by atoms with E-state index in [4.69, 9.17) is 26.8 Å². The van der Waals surface area contributed by atoms with E-state index in [-0.39, 0.29) is 36.9 Å². The van der Waals surface area contributed by atoms with E-state index in [1.165, 1.54) is 10.4 Å². The lowest BCUT2D eigenvalue weighted by Crippen LogP contribution is -2.47. The van der Waals surface area contributed by atoms with Crippen LogP contribution in [0.2, 0.25) is 5.02 Å². The summed E-state index contributed by atoms with van der Waals surface area (Å²) in [6.07, 6.45) is 1.10. The zero-order valence-electron chi connectivity index (χ0n) is 19.1. The summed E-state index contributed by atoms with van der Waals surface area (Å²) in [5.74, 6) is -0.332. The third kappa shape index (κ3) is 4.80. The zero-order valence-corrected chi connectivity index (χ0v) is 20.6. The van der Waals surface area contributed by atoms with Crippen molar-refractivity contribution in [3.8, 4) is 17.0 Å². The number of morpholine rings is 1. The van der Waals surface area contributed by atoms with Gasteiger partial charge >= 0.3 is 0 Å². The molecule has 1 aliphatic heterocycles. The lowest BCUT2D eigenvalue weighted by atomic mass is 10.1. The normalized spacial score (nSPS) is 16.8. The highest BCUT2D eigenvalue weighted by Gasteiger charge is 2.36. The number of pyridine rings is 1. The number of nitrogens with zero attached hydrogens (tertiary/aromatic N) is 2. The first kappa shape index (κ1) is 24.3. The van der Waals surface area contributed by atoms with Crippen LogP contribution in [-0.4, -0.2) is 61.0 Å². The van der Waals surface area contributed by atoms with Crippen molar-refractivity contribution in [2.45, 2.75) is 11.0 Å². The molecule has 1 aliphatic rings. The molecule has 1 fully saturated rings. The number of carbonyl (C=O) groups excluding carboxylic acids is 1. The van der Waals surface area contributed by atoms with E-state index in [9.17, 15) is 13.2 Å². The van der Waals surface area contributed by atoms with Gasteiger partial charge in [0.25, 0.3) is 5.91 Å². The Kier molecular flexibility index (Phi) is 6.67. The van der Waals surface area contributed by atoms with Gasteiger partial charge in [-0.3, -0.25) is 9.78 Å². The van der Waals surface area contributed by atoms with Crippen molar-refractivity contribution in [2.24, 2.45) is 5.73 Å². The Morgan fingerprint density at radius 1 is 1.19 bits per heavy atom. The summed E-state index contributed by atoms with van der Waals surface area (Å²) in [6.45, 7) is 0.467. The predicted molar refractivity (Wildman–Crippen MR) is 135 cm³/mol. The number of carbonyl (C=O) groups is 1. The van der Waals surface area contributed by atoms with Crippen LogP contribution in [-0.2, 0) is 14.8 Å². The Morgan fingerprint density at radius 3 is 2.72 bits per heavy atom. The second-order valence-electron chi connectivity index (χ2n) is 8.30. The average Bonchev–Trinajstić information content (AvgIpc) is 3.28. The number of benzene rings is 2. The van der Waals surface area contributed by atoms with Gasteiger partial charge in [-0.25, -0.2) is 8.42 Å². The molecule has 0 aliphatic carbocycles. The number of ether oxygens (including phenoxy) is 2. The number of hydrogen-bond donors (Lipinski definition) is 2. The van der Waals surface area contributed by atoms with Gasteiger partial charge in [-0.1, -0.05) is 41.9 Å². The first-order chi connectivity index (χ1) is 17.3. The number of fused-ring (bicyclic) bond motifs is 1. The van der Waals surface area contributed by atoms with Crippen LogP contribution in [0.5, 0.6) is 5.75 Å². The minimum absolute atomic E-state index is 0.0449. The van der Waals surface area contributed by atoms with Crippen LogP contribution in [0, 0.1) is 0 Å². The van der Waals surface area contributed by atoms with Gasteiger partial charge in [-0.15, -0.1) is 0 Å². The molecular weight excluding hydrogens is 504 g/mol. The van der Waals surface area contributed by atoms with Crippen molar-refractivity contribution in [3.05, 3.63) is 77.6 Å². The average molecular weight is 527 g/mol. The highest BCUT2D eigenvalue weighted by Crippen LogP contribution is 2.32. The molecule has 2 aromatic heterocycles. The number of rotatable bonds is 7. The Balaban J connectivity index is 1.32. The molecule has 0 spiro atoms. The molecule has 1 amide bonds. The van der Waals surface area contributed by atoms with Gasteiger partial charge in [-0.05, 0) is 30.3 Å². The monoisotopic (exact) mass is 526 g/mol. The van der Waals surface area contributed by atoms with Crippen LogP contribution in [0.15, 0.2) is 71.8 Å². The molecule has 1 unspecified atom stereocenters. The van der Waals surface area contributed by atoms with E-state index in [1.54, 1.807) is 18.3 Å². The maximum Gasteiger partial charge on any atom is 0.266 e. The minimum atomic E-state index is -4.10. The molecule has 4 aromatic rings. The van der Waals surface area contributed by atoms with Crippen molar-refractivity contribution in [1.29, 1.82) is 0 Å². The molecule has 1 saturated heterocycles. The van der Waals surface area contributed by atoms with Gasteiger partial charge in [-0.2, -0.15) is 4.31 Å². The first-order valence-electron chi connectivity index (χ1n) is 11.2. The Morgan fingerprint density at radius 2 is 2.00 bits per heavy atom. The summed E-state index contributed by atoms with van der Waals surface area (Å²) in [5, 5.41) is 0.647. The van der Waals surface area contributed by atoms with Gasteiger partial charge in [0.05, 0.1) is 18.5 Å². The number of H-pyrrole nitrogens is 1. The molecule has 11 heteroatoms. The molecule has 0 radical (unpaired) electrons. The number of primary amides is 1. The summed E-state index contributed by atoms with van der Waals surface area (Å²) in [4.78, 5) is 19.1. The van der Waals surface area contributed by atoms with Crippen LogP contribution in [0.4, 0.5) is 0 Å². The number of hydrogen-bond acceptors (Lipinski definition) is 6. The van der Waals surface area contributed by atoms with Crippen molar-refractivity contribution in [3.63, 3.8) is 0 Å². The van der Waals surface area contributed by atoms with Crippen LogP contribution in [0.3, 0.4) is 0 Å². The maximum atomic E-state index is 13.6. The van der Waals surface area contributed by atoms with Crippen LogP contribution in [0.1, 0.15) is 10.5 Å². The highest BCUT2D eigenvalue weighted by atomic mass is 35.5. The van der Waals surface area contributed by atoms with Crippen LogP contribution >= 0.6 is 11.6 Å². The van der Waals surface area contributed by atoms with Gasteiger partial charge < -0.3 is 20.2 Å². The van der Waals surface area contributed by atoms with Gasteiger partial charge in [0, 0.05) is 34.6 Å². The molecule has 5 rings (SSSR count). The number of nitrogens with two attached hydrogens (primary N) is 1. The lowest BCUT2D eigenvalue weighted by molar-refractivity contribution is -0.0249. The van der Waals surface area contributed by atoms with Crippen molar-refractivity contribution in [1.82, 2.24) is 14.3 Å². The zero-order chi connectivity index (χ0) is 25.3. The fourth-order valence-corrected chi connectivity index (χ4v) is 6.12. The fraction of sp³-hybridized carbons (Fsp3) is 0.200. The number of aromatic nitrogens is 2. The van der Waals surface area contributed by atoms with E-state index in [1.807, 2.05) is 42.5 Å². The second kappa shape index (κ2) is 9.90. The largest absolute Gasteiger partial charge is 0.489 e. The molecule has 2 aromatic carbocycles. The van der Waals surface area contributed by atoms with Crippen LogP contribution < -0.4 is 10.5 Å². The first-order valence-corrected chi connectivity index (χ1v) is 13.0. The lowest BCUT2D eigenvalue weighted by Gasteiger charge is -2.32. The molecule has 1 atom stereocenters. The molecule has 186 valence electrons. The smallest absolute Gasteiger partial charge is 0.266 e. The summed E-state index contributed by atoms with van der Waals surface area (Å²) in [7, 11) is -4.10. The topological polar surface area (TPSA) is 128 Å². The Hall–Kier alpha value is -3.44. The Labute approximate surface area is 212 Å². The molecule has 0 saturated carbocycles. The highest BCUT2D eigenvalue weighted by molar-refractivity contribution is 7.89. The molecule has 3 heterocycles. The summed E-state index contributed by atoms with van der Waals surface area (Å²) in [6, 6.07) is 18.1. The number of halogens is 1. The van der Waals surface area contributed by atoms with Crippen molar-refractivity contribution >= 4 is 38.4 Å². The number of nitrogens with one attached hydrogen (secondary N) is 1. The van der Waals surface area contributed by atoms with E-state index in [0.717, 1.165) is 11.3 Å². The molecule has 9 nitrogen and oxygen atoms in total. The predicted octanol–water partition coefficient (Wildman–Crippen LogP) is 3.45. The van der Waals surface area contributed by atoms with E-state index < -0.39 is 22.0 Å². The number of amides is 1. The third-order valence-electron chi connectivity index (χ3n) is 5.90. The van der Waals surface area contributed by atoms with Crippen molar-refractivity contribution < 1.29 is 22.7 Å². The molecular formula is C25H23ClN4O5S. The molecule has 3 N–H and O–H groups in total. The number of sulfonamides is 1. The quantitative estimate of drug-likeness (QED) is 0.379. The van der Waals surface area contributed by atoms with Gasteiger partial charge in [0.2, 0.25) is 10.0 Å². The van der Waals surface area contributed by atoms with E-state index in [0.29, 0.717) is 21.7 Å². The van der Waals surface area contributed by atoms with Crippen molar-refractivity contribution in [2.75, 3.05) is 26.3 Å². The minimum Gasteiger partial charge on any atom is -0.489 e. The van der Waals surface area contributed by atoms with E-state index in [2.05, 4.69) is 9.97 Å². The third-order valence-corrected chi connectivity index (χ3v) is 8.09. The fourth-order valence-electron chi connectivity index (χ4n) is 4.16. The maximum absolute atomic E-state index is 13.6. The van der Waals surface area contributed by atoms with Gasteiger partial charge in [0.1, 0.15) is 29.0 Å². The SMILES string of the molecule is NC(=O)c1[nH]c2ccc(Cl)cc2c1S(=O)(=O)N1CCOC(COc2ccc(-c3ccccc3)nc2)C1. The Bertz CT molecular complexity index is 1510. The second-order valence-corrected chi connectivity index (χ2v) is 10.6. The summed E-state index contributed by atoms with van der Waals surface area (Å²) >= 11 is 6.10. The standard InChI is InChI=1S/C25H23ClN4O5S/c26-17-6-8-22-20(12-17)24(23(29-22)25(27)31)36(32,33)30-10-11-34-19(14-30)15-35-18-7-9-21(28-13-18)16-4-2-1-3-5-16/h1-9,12-13,19,29H,10-11,14-15H2,(H2,27,31). The number of aromatic amines is 1. The van der Waals surface area contributed by atoms with E-state index >= 15 is 0 Å².